The van der Waals surface area contributed by atoms with Crippen molar-refractivity contribution in [3.05, 3.63) is 0 Å². The van der Waals surface area contributed by atoms with Crippen LogP contribution in [0.3, 0.4) is 0 Å². The largest absolute Gasteiger partial charge is 0.378 e. The van der Waals surface area contributed by atoms with Crippen molar-refractivity contribution in [2.75, 3.05) is 39.4 Å². The first kappa shape index (κ1) is 16.1. The Balaban J connectivity index is 1.86. The zero-order valence-electron chi connectivity index (χ0n) is 13.1. The fraction of sp³-hybridized carbons (Fsp3) is 0.867. The second-order valence-corrected chi connectivity index (χ2v) is 6.20. The van der Waals surface area contributed by atoms with Gasteiger partial charge in [-0.1, -0.05) is 13.8 Å². The molecule has 120 valence electrons. The molecule has 2 aliphatic rings. The molecular weight excluding hydrogens is 270 g/mol. The van der Waals surface area contributed by atoms with E-state index in [1.807, 2.05) is 4.90 Å². The monoisotopic (exact) mass is 297 g/mol. The standard InChI is InChI=1S/C15H27N3O3/c1-12(2)5-6-16-15(20)18-7-3-4-13(18)14(19)17-8-10-21-11-9-17/h12-13H,3-11H2,1-2H3,(H,16,20)/t13-/m0/s1. The Morgan fingerprint density at radius 1 is 1.24 bits per heavy atom. The lowest BCUT2D eigenvalue weighted by Gasteiger charge is -2.32. The Labute approximate surface area is 126 Å². The van der Waals surface area contributed by atoms with Crippen LogP contribution in [0.15, 0.2) is 0 Å². The highest BCUT2D eigenvalue weighted by molar-refractivity contribution is 5.87. The van der Waals surface area contributed by atoms with Gasteiger partial charge in [0.2, 0.25) is 5.91 Å². The highest BCUT2D eigenvalue weighted by Gasteiger charge is 2.36. The highest BCUT2D eigenvalue weighted by atomic mass is 16.5. The molecule has 1 atom stereocenters. The van der Waals surface area contributed by atoms with Crippen LogP contribution in [0.4, 0.5) is 4.79 Å². The fourth-order valence-electron chi connectivity index (χ4n) is 2.83. The predicted molar refractivity (Wildman–Crippen MR) is 80.0 cm³/mol. The lowest BCUT2D eigenvalue weighted by atomic mass is 10.1. The van der Waals surface area contributed by atoms with Gasteiger partial charge < -0.3 is 19.9 Å². The number of rotatable bonds is 4. The summed E-state index contributed by atoms with van der Waals surface area (Å²) in [6, 6.07) is -0.387. The Morgan fingerprint density at radius 2 is 1.95 bits per heavy atom. The van der Waals surface area contributed by atoms with Gasteiger partial charge in [-0.2, -0.15) is 0 Å². The number of nitrogens with zero attached hydrogens (tertiary/aromatic N) is 2. The molecular formula is C15H27N3O3. The van der Waals surface area contributed by atoms with E-state index in [4.69, 9.17) is 4.74 Å². The smallest absolute Gasteiger partial charge is 0.318 e. The van der Waals surface area contributed by atoms with Gasteiger partial charge in [-0.3, -0.25) is 4.79 Å². The maximum Gasteiger partial charge on any atom is 0.318 e. The van der Waals surface area contributed by atoms with Crippen molar-refractivity contribution in [1.29, 1.82) is 0 Å². The molecule has 1 N–H and O–H groups in total. The topological polar surface area (TPSA) is 61.9 Å². The maximum absolute atomic E-state index is 12.5. The summed E-state index contributed by atoms with van der Waals surface area (Å²) in [6.07, 6.45) is 2.63. The number of carbonyl (C=O) groups is 2. The summed E-state index contributed by atoms with van der Waals surface area (Å²) in [6.45, 7) is 8.08. The van der Waals surface area contributed by atoms with E-state index in [9.17, 15) is 9.59 Å². The average Bonchev–Trinajstić information content (AvgIpc) is 2.96. The third-order valence-corrected chi connectivity index (χ3v) is 4.12. The van der Waals surface area contributed by atoms with Crippen molar-refractivity contribution < 1.29 is 14.3 Å². The summed E-state index contributed by atoms with van der Waals surface area (Å²) >= 11 is 0. The number of amides is 3. The molecule has 0 spiro atoms. The quantitative estimate of drug-likeness (QED) is 0.844. The zero-order valence-corrected chi connectivity index (χ0v) is 13.1. The third kappa shape index (κ3) is 4.33. The number of nitrogens with one attached hydrogen (secondary N) is 1. The van der Waals surface area contributed by atoms with Crippen LogP contribution in [0.2, 0.25) is 0 Å². The molecule has 0 bridgehead atoms. The molecule has 0 aromatic heterocycles. The second-order valence-electron chi connectivity index (χ2n) is 6.20. The van der Waals surface area contributed by atoms with Gasteiger partial charge in [0.15, 0.2) is 0 Å². The van der Waals surface area contributed by atoms with E-state index in [0.29, 0.717) is 45.3 Å². The first-order valence-corrected chi connectivity index (χ1v) is 8.00. The minimum atomic E-state index is -0.290. The number of likely N-dealkylation sites (tertiary alicyclic amines) is 1. The summed E-state index contributed by atoms with van der Waals surface area (Å²) < 4.78 is 5.28. The SMILES string of the molecule is CC(C)CCNC(=O)N1CCC[C@H]1C(=O)N1CCOCC1. The molecule has 6 heteroatoms. The van der Waals surface area contributed by atoms with Crippen LogP contribution in [-0.2, 0) is 9.53 Å². The lowest BCUT2D eigenvalue weighted by molar-refractivity contribution is -0.139. The fourth-order valence-corrected chi connectivity index (χ4v) is 2.83. The van der Waals surface area contributed by atoms with E-state index in [1.54, 1.807) is 4.90 Å². The van der Waals surface area contributed by atoms with Gasteiger partial charge in [-0.05, 0) is 25.2 Å². The highest BCUT2D eigenvalue weighted by Crippen LogP contribution is 2.20. The Bertz CT molecular complexity index is 367. The van der Waals surface area contributed by atoms with Gasteiger partial charge in [0.05, 0.1) is 13.2 Å². The molecule has 0 unspecified atom stereocenters. The molecule has 3 amide bonds. The van der Waals surface area contributed by atoms with E-state index in [1.165, 1.54) is 0 Å². The molecule has 21 heavy (non-hydrogen) atoms. The van der Waals surface area contributed by atoms with Crippen LogP contribution in [0.5, 0.6) is 0 Å². The number of morpholine rings is 1. The van der Waals surface area contributed by atoms with Crippen LogP contribution < -0.4 is 5.32 Å². The van der Waals surface area contributed by atoms with Gasteiger partial charge in [-0.25, -0.2) is 4.79 Å². The normalized spacial score (nSPS) is 22.7. The molecule has 2 fully saturated rings. The first-order chi connectivity index (χ1) is 10.1. The van der Waals surface area contributed by atoms with E-state index in [0.717, 1.165) is 19.3 Å². The van der Waals surface area contributed by atoms with Crippen LogP contribution in [0.1, 0.15) is 33.1 Å². The van der Waals surface area contributed by atoms with Gasteiger partial charge in [0.1, 0.15) is 6.04 Å². The Morgan fingerprint density at radius 3 is 2.62 bits per heavy atom. The number of hydrogen-bond acceptors (Lipinski definition) is 3. The zero-order chi connectivity index (χ0) is 15.2. The van der Waals surface area contributed by atoms with E-state index in [-0.39, 0.29) is 18.0 Å². The Kier molecular flexibility index (Phi) is 5.85. The van der Waals surface area contributed by atoms with Crippen molar-refractivity contribution in [2.45, 2.75) is 39.2 Å². The molecule has 0 aromatic rings. The number of ether oxygens (including phenoxy) is 1. The van der Waals surface area contributed by atoms with Crippen LogP contribution in [0, 0.1) is 5.92 Å². The van der Waals surface area contributed by atoms with Crippen molar-refractivity contribution >= 4 is 11.9 Å². The number of carbonyl (C=O) groups excluding carboxylic acids is 2. The third-order valence-electron chi connectivity index (χ3n) is 4.12. The summed E-state index contributed by atoms with van der Waals surface area (Å²) in [4.78, 5) is 28.3. The van der Waals surface area contributed by atoms with Crippen molar-refractivity contribution in [3.63, 3.8) is 0 Å². The maximum atomic E-state index is 12.5. The van der Waals surface area contributed by atoms with Crippen LogP contribution in [-0.4, -0.2) is 67.2 Å². The molecule has 0 aliphatic carbocycles. The van der Waals surface area contributed by atoms with E-state index < -0.39 is 0 Å². The second kappa shape index (κ2) is 7.64. The van der Waals surface area contributed by atoms with Gasteiger partial charge >= 0.3 is 6.03 Å². The number of hydrogen-bond donors (Lipinski definition) is 1. The minimum Gasteiger partial charge on any atom is -0.378 e. The van der Waals surface area contributed by atoms with E-state index >= 15 is 0 Å². The van der Waals surface area contributed by atoms with Gasteiger partial charge in [0, 0.05) is 26.2 Å². The number of urea groups is 1. The summed E-state index contributed by atoms with van der Waals surface area (Å²) in [5, 5.41) is 2.94. The minimum absolute atomic E-state index is 0.0785. The molecule has 0 saturated carbocycles. The van der Waals surface area contributed by atoms with Crippen molar-refractivity contribution in [2.24, 2.45) is 5.92 Å². The summed E-state index contributed by atoms with van der Waals surface area (Å²) in [5.41, 5.74) is 0. The molecule has 2 saturated heterocycles. The lowest BCUT2D eigenvalue weighted by Crippen LogP contribution is -2.53. The molecule has 2 aliphatic heterocycles. The average molecular weight is 297 g/mol. The van der Waals surface area contributed by atoms with E-state index in [2.05, 4.69) is 19.2 Å². The predicted octanol–water partition coefficient (Wildman–Crippen LogP) is 1.07. The molecule has 0 radical (unpaired) electrons. The van der Waals surface area contributed by atoms with Crippen LogP contribution >= 0.6 is 0 Å². The van der Waals surface area contributed by atoms with Gasteiger partial charge in [-0.15, -0.1) is 0 Å². The molecule has 2 rings (SSSR count). The molecule has 6 nitrogen and oxygen atoms in total. The van der Waals surface area contributed by atoms with Crippen molar-refractivity contribution in [1.82, 2.24) is 15.1 Å². The van der Waals surface area contributed by atoms with Gasteiger partial charge in [0.25, 0.3) is 0 Å². The summed E-state index contributed by atoms with van der Waals surface area (Å²) in [5.74, 6) is 0.643. The Hall–Kier alpha value is -1.30. The van der Waals surface area contributed by atoms with Crippen molar-refractivity contribution in [3.8, 4) is 0 Å². The first-order valence-electron chi connectivity index (χ1n) is 8.00. The molecule has 0 aromatic carbocycles. The van der Waals surface area contributed by atoms with Crippen LogP contribution in [0.25, 0.3) is 0 Å². The molecule has 2 heterocycles. The summed E-state index contributed by atoms with van der Waals surface area (Å²) in [7, 11) is 0.